The van der Waals surface area contributed by atoms with Crippen LogP contribution in [-0.2, 0) is 14.3 Å². The summed E-state index contributed by atoms with van der Waals surface area (Å²) in [6, 6.07) is 0. The van der Waals surface area contributed by atoms with E-state index in [4.69, 9.17) is 9.47 Å². The Balaban J connectivity index is 1.98. The average Bonchev–Trinajstić information content (AvgIpc) is 2.45. The quantitative estimate of drug-likeness (QED) is 0.663. The summed E-state index contributed by atoms with van der Waals surface area (Å²) in [5.74, 6) is 1.27. The highest BCUT2D eigenvalue weighted by atomic mass is 16.5. The van der Waals surface area contributed by atoms with Gasteiger partial charge in [-0.05, 0) is 45.4 Å². The predicted molar refractivity (Wildman–Crippen MR) is 80.7 cm³/mol. The van der Waals surface area contributed by atoms with E-state index in [0.717, 1.165) is 18.8 Å². The molecule has 0 aromatic carbocycles. The van der Waals surface area contributed by atoms with Crippen molar-refractivity contribution in [1.82, 2.24) is 5.32 Å². The first-order valence-corrected chi connectivity index (χ1v) is 8.10. The van der Waals surface area contributed by atoms with Crippen molar-refractivity contribution in [2.75, 3.05) is 26.4 Å². The van der Waals surface area contributed by atoms with Crippen LogP contribution in [0, 0.1) is 11.8 Å². The van der Waals surface area contributed by atoms with Crippen molar-refractivity contribution in [3.05, 3.63) is 0 Å². The number of carbonyl (C=O) groups is 1. The van der Waals surface area contributed by atoms with Gasteiger partial charge in [0.2, 0.25) is 5.91 Å². The Morgan fingerprint density at radius 3 is 2.45 bits per heavy atom. The monoisotopic (exact) mass is 285 g/mol. The van der Waals surface area contributed by atoms with Crippen molar-refractivity contribution in [3.63, 3.8) is 0 Å². The lowest BCUT2D eigenvalue weighted by molar-refractivity contribution is -0.126. The number of nitrogens with one attached hydrogen (secondary N) is 1. The molecule has 0 heterocycles. The van der Waals surface area contributed by atoms with Crippen molar-refractivity contribution < 1.29 is 14.3 Å². The summed E-state index contributed by atoms with van der Waals surface area (Å²) in [6.45, 7) is 8.64. The Labute approximate surface area is 123 Å². The molecule has 0 unspecified atom stereocenters. The van der Waals surface area contributed by atoms with E-state index < -0.39 is 0 Å². The van der Waals surface area contributed by atoms with Crippen molar-refractivity contribution in [2.24, 2.45) is 11.8 Å². The fraction of sp³-hybridized carbons (Fsp3) is 0.938. The normalized spacial score (nSPS) is 23.0. The van der Waals surface area contributed by atoms with Gasteiger partial charge in [0.25, 0.3) is 0 Å². The van der Waals surface area contributed by atoms with Crippen molar-refractivity contribution in [2.45, 2.75) is 59.0 Å². The van der Waals surface area contributed by atoms with Crippen LogP contribution in [0.25, 0.3) is 0 Å². The SMILES string of the molecule is CCC1CCC(C(=O)NCCOCCOC(C)C)CC1. The molecular formula is C16H31NO3. The van der Waals surface area contributed by atoms with Gasteiger partial charge in [-0.15, -0.1) is 0 Å². The largest absolute Gasteiger partial charge is 0.377 e. The molecule has 0 aromatic heterocycles. The number of ether oxygens (including phenoxy) is 2. The molecule has 0 radical (unpaired) electrons. The van der Waals surface area contributed by atoms with Crippen LogP contribution in [0.5, 0.6) is 0 Å². The summed E-state index contributed by atoms with van der Waals surface area (Å²) in [7, 11) is 0. The second kappa shape index (κ2) is 10.2. The maximum atomic E-state index is 12.0. The molecule has 1 fully saturated rings. The number of hydrogen-bond acceptors (Lipinski definition) is 3. The molecule has 1 amide bonds. The molecule has 4 nitrogen and oxygen atoms in total. The molecule has 0 spiro atoms. The van der Waals surface area contributed by atoms with Gasteiger partial charge in [0.1, 0.15) is 0 Å². The van der Waals surface area contributed by atoms with Crippen LogP contribution in [-0.4, -0.2) is 38.4 Å². The highest BCUT2D eigenvalue weighted by Gasteiger charge is 2.24. The van der Waals surface area contributed by atoms with E-state index in [1.807, 2.05) is 13.8 Å². The molecule has 1 aliphatic rings. The van der Waals surface area contributed by atoms with E-state index in [1.165, 1.54) is 19.3 Å². The van der Waals surface area contributed by atoms with E-state index in [1.54, 1.807) is 0 Å². The van der Waals surface area contributed by atoms with E-state index in [0.29, 0.717) is 26.4 Å². The van der Waals surface area contributed by atoms with Crippen LogP contribution < -0.4 is 5.32 Å². The van der Waals surface area contributed by atoms with Crippen LogP contribution in [0.3, 0.4) is 0 Å². The maximum Gasteiger partial charge on any atom is 0.223 e. The molecule has 0 saturated heterocycles. The van der Waals surface area contributed by atoms with Crippen LogP contribution in [0.2, 0.25) is 0 Å². The zero-order valence-corrected chi connectivity index (χ0v) is 13.3. The lowest BCUT2D eigenvalue weighted by Gasteiger charge is -2.26. The second-order valence-corrected chi connectivity index (χ2v) is 5.95. The highest BCUT2D eigenvalue weighted by molar-refractivity contribution is 5.78. The Morgan fingerprint density at radius 1 is 1.15 bits per heavy atom. The summed E-state index contributed by atoms with van der Waals surface area (Å²) < 4.78 is 10.8. The fourth-order valence-corrected chi connectivity index (χ4v) is 2.67. The Bertz CT molecular complexity index is 260. The molecule has 118 valence electrons. The molecule has 0 bridgehead atoms. The van der Waals surface area contributed by atoms with Gasteiger partial charge in [-0.3, -0.25) is 4.79 Å². The molecule has 0 aliphatic heterocycles. The lowest BCUT2D eigenvalue weighted by atomic mass is 9.80. The standard InChI is InChI=1S/C16H31NO3/c1-4-14-5-7-15(8-6-14)16(18)17-9-10-19-11-12-20-13(2)3/h13-15H,4-12H2,1-3H3,(H,17,18). The summed E-state index contributed by atoms with van der Waals surface area (Å²) in [4.78, 5) is 12.0. The minimum absolute atomic E-state index is 0.210. The van der Waals surface area contributed by atoms with Crippen LogP contribution in [0.15, 0.2) is 0 Å². The summed E-state index contributed by atoms with van der Waals surface area (Å²) in [6.07, 6.45) is 6.01. The number of carbonyl (C=O) groups excluding carboxylic acids is 1. The van der Waals surface area contributed by atoms with Gasteiger partial charge in [-0.2, -0.15) is 0 Å². The number of rotatable bonds is 9. The molecule has 20 heavy (non-hydrogen) atoms. The van der Waals surface area contributed by atoms with Crippen molar-refractivity contribution in [1.29, 1.82) is 0 Å². The number of amides is 1. The van der Waals surface area contributed by atoms with Gasteiger partial charge >= 0.3 is 0 Å². The summed E-state index contributed by atoms with van der Waals surface area (Å²) in [5, 5.41) is 2.98. The average molecular weight is 285 g/mol. The van der Waals surface area contributed by atoms with Gasteiger partial charge in [0, 0.05) is 12.5 Å². The van der Waals surface area contributed by atoms with Gasteiger partial charge in [0.15, 0.2) is 0 Å². The van der Waals surface area contributed by atoms with E-state index >= 15 is 0 Å². The molecular weight excluding hydrogens is 254 g/mol. The number of hydrogen-bond donors (Lipinski definition) is 1. The highest BCUT2D eigenvalue weighted by Crippen LogP contribution is 2.30. The first-order chi connectivity index (χ1) is 9.63. The first kappa shape index (κ1) is 17.4. The summed E-state index contributed by atoms with van der Waals surface area (Å²) >= 11 is 0. The third-order valence-electron chi connectivity index (χ3n) is 4.02. The second-order valence-electron chi connectivity index (χ2n) is 5.95. The Kier molecular flexibility index (Phi) is 8.86. The molecule has 1 N–H and O–H groups in total. The van der Waals surface area contributed by atoms with Gasteiger partial charge in [0.05, 0.1) is 25.9 Å². The summed E-state index contributed by atoms with van der Waals surface area (Å²) in [5.41, 5.74) is 0. The third-order valence-corrected chi connectivity index (χ3v) is 4.02. The van der Waals surface area contributed by atoms with Crippen molar-refractivity contribution in [3.8, 4) is 0 Å². The van der Waals surface area contributed by atoms with E-state index in [2.05, 4.69) is 12.2 Å². The minimum atomic E-state index is 0.210. The van der Waals surface area contributed by atoms with Gasteiger partial charge < -0.3 is 14.8 Å². The minimum Gasteiger partial charge on any atom is -0.377 e. The lowest BCUT2D eigenvalue weighted by Crippen LogP contribution is -2.35. The smallest absolute Gasteiger partial charge is 0.223 e. The Hall–Kier alpha value is -0.610. The van der Waals surface area contributed by atoms with E-state index in [9.17, 15) is 4.79 Å². The molecule has 4 heteroatoms. The van der Waals surface area contributed by atoms with Crippen LogP contribution in [0.4, 0.5) is 0 Å². The van der Waals surface area contributed by atoms with Crippen molar-refractivity contribution >= 4 is 5.91 Å². The van der Waals surface area contributed by atoms with E-state index in [-0.39, 0.29) is 17.9 Å². The zero-order valence-electron chi connectivity index (χ0n) is 13.3. The molecule has 0 aromatic rings. The molecule has 0 atom stereocenters. The topological polar surface area (TPSA) is 47.6 Å². The third kappa shape index (κ3) is 7.25. The molecule has 1 saturated carbocycles. The zero-order chi connectivity index (χ0) is 14.8. The van der Waals surface area contributed by atoms with Gasteiger partial charge in [-0.25, -0.2) is 0 Å². The molecule has 1 rings (SSSR count). The Morgan fingerprint density at radius 2 is 1.85 bits per heavy atom. The maximum absolute atomic E-state index is 12.0. The van der Waals surface area contributed by atoms with Crippen LogP contribution >= 0.6 is 0 Å². The fourth-order valence-electron chi connectivity index (χ4n) is 2.67. The molecule has 1 aliphatic carbocycles. The van der Waals surface area contributed by atoms with Gasteiger partial charge in [-0.1, -0.05) is 13.3 Å². The first-order valence-electron chi connectivity index (χ1n) is 8.10. The van der Waals surface area contributed by atoms with Crippen LogP contribution in [0.1, 0.15) is 52.9 Å². The predicted octanol–water partition coefficient (Wildman–Crippen LogP) is 2.76.